The van der Waals surface area contributed by atoms with Gasteiger partial charge >= 0.3 is 0 Å². The molecule has 0 spiro atoms. The predicted octanol–water partition coefficient (Wildman–Crippen LogP) is 0.509. The van der Waals surface area contributed by atoms with Crippen molar-refractivity contribution in [1.82, 2.24) is 16.0 Å². The van der Waals surface area contributed by atoms with Crippen molar-refractivity contribution in [3.05, 3.63) is 0 Å². The first kappa shape index (κ1) is 20.7. The van der Waals surface area contributed by atoms with E-state index in [1.165, 1.54) is 0 Å². The quantitative estimate of drug-likeness (QED) is 0.278. The fraction of sp³-hybridized carbons (Fsp3) is 0.867. The van der Waals surface area contributed by atoms with Crippen LogP contribution in [-0.4, -0.2) is 65.0 Å². The Morgan fingerprint density at radius 3 is 2.55 bits per heavy atom. The molecule has 0 rings (SSSR count). The number of nitrogens with zero attached hydrogens (tertiary/aromatic N) is 1. The Hall–Kier alpha value is -1.34. The number of hydrogen-bond acceptors (Lipinski definition) is 4. The van der Waals surface area contributed by atoms with Crippen LogP contribution in [0.1, 0.15) is 33.1 Å². The lowest BCUT2D eigenvalue weighted by molar-refractivity contribution is -0.121. The van der Waals surface area contributed by atoms with Crippen LogP contribution < -0.4 is 16.0 Å². The summed E-state index contributed by atoms with van der Waals surface area (Å²) >= 11 is 0. The van der Waals surface area contributed by atoms with Crippen LogP contribution in [0.25, 0.3) is 0 Å². The van der Waals surface area contributed by atoms with Gasteiger partial charge in [0.05, 0.1) is 13.2 Å². The molecule has 0 aliphatic heterocycles. The molecule has 1 atom stereocenters. The summed E-state index contributed by atoms with van der Waals surface area (Å²) in [5.41, 5.74) is 0. The molecule has 0 bridgehead atoms. The van der Waals surface area contributed by atoms with E-state index in [1.807, 2.05) is 13.8 Å². The number of ether oxygens (including phenoxy) is 2. The van der Waals surface area contributed by atoms with E-state index in [9.17, 15) is 4.79 Å². The van der Waals surface area contributed by atoms with E-state index >= 15 is 0 Å². The lowest BCUT2D eigenvalue weighted by Crippen LogP contribution is -2.40. The van der Waals surface area contributed by atoms with E-state index < -0.39 is 0 Å². The second-order valence-electron chi connectivity index (χ2n) is 5.01. The molecule has 1 amide bonds. The summed E-state index contributed by atoms with van der Waals surface area (Å²) < 4.78 is 10.3. The largest absolute Gasteiger partial charge is 0.382 e. The van der Waals surface area contributed by atoms with Crippen LogP contribution in [0.15, 0.2) is 4.99 Å². The first-order valence-electron chi connectivity index (χ1n) is 7.94. The number of amides is 1. The first-order valence-corrected chi connectivity index (χ1v) is 7.94. The molecule has 0 fully saturated rings. The highest BCUT2D eigenvalue weighted by atomic mass is 16.5. The molecule has 0 aromatic rings. The SMILES string of the molecule is CCC(C)NC(=O)CCNC(=NC)NCCCOCCOC. The minimum absolute atomic E-state index is 0.0591. The summed E-state index contributed by atoms with van der Waals surface area (Å²) in [5, 5.41) is 9.23. The Labute approximate surface area is 134 Å². The number of rotatable bonds is 12. The third kappa shape index (κ3) is 12.4. The molecule has 7 heteroatoms. The molecule has 0 aliphatic carbocycles. The molecule has 0 aromatic heterocycles. The Morgan fingerprint density at radius 1 is 1.18 bits per heavy atom. The number of methoxy groups -OCH3 is 1. The van der Waals surface area contributed by atoms with Crippen molar-refractivity contribution in [2.75, 3.05) is 47.1 Å². The second kappa shape index (κ2) is 14.6. The third-order valence-corrected chi connectivity index (χ3v) is 3.08. The molecule has 0 aromatic carbocycles. The van der Waals surface area contributed by atoms with Gasteiger partial charge in [-0.25, -0.2) is 0 Å². The van der Waals surface area contributed by atoms with Crippen molar-refractivity contribution in [3.8, 4) is 0 Å². The molecule has 0 saturated carbocycles. The highest BCUT2D eigenvalue weighted by Crippen LogP contribution is 1.89. The van der Waals surface area contributed by atoms with Gasteiger partial charge in [-0.15, -0.1) is 0 Å². The summed E-state index contributed by atoms with van der Waals surface area (Å²) in [6.45, 7) is 7.31. The molecular weight excluding hydrogens is 284 g/mol. The van der Waals surface area contributed by atoms with Gasteiger partial charge in [-0.1, -0.05) is 6.92 Å². The standard InChI is InChI=1S/C15H32N4O3/c1-5-13(2)19-14(20)7-9-18-15(16-3)17-8-6-10-22-12-11-21-4/h13H,5-12H2,1-4H3,(H,19,20)(H2,16,17,18). The number of nitrogens with one attached hydrogen (secondary N) is 3. The van der Waals surface area contributed by atoms with Crippen LogP contribution in [0.3, 0.4) is 0 Å². The van der Waals surface area contributed by atoms with E-state index in [4.69, 9.17) is 9.47 Å². The Kier molecular flexibility index (Phi) is 13.7. The molecule has 1 unspecified atom stereocenters. The third-order valence-electron chi connectivity index (χ3n) is 3.08. The van der Waals surface area contributed by atoms with Gasteiger partial charge in [0.25, 0.3) is 0 Å². The van der Waals surface area contributed by atoms with Crippen molar-refractivity contribution in [2.45, 2.75) is 39.2 Å². The molecule has 3 N–H and O–H groups in total. The highest BCUT2D eigenvalue weighted by Gasteiger charge is 2.05. The molecule has 22 heavy (non-hydrogen) atoms. The zero-order chi connectivity index (χ0) is 16.6. The maximum absolute atomic E-state index is 11.6. The van der Waals surface area contributed by atoms with Gasteiger partial charge in [-0.05, 0) is 19.8 Å². The van der Waals surface area contributed by atoms with Crippen LogP contribution in [0.5, 0.6) is 0 Å². The van der Waals surface area contributed by atoms with Gasteiger partial charge in [0.15, 0.2) is 5.96 Å². The minimum atomic E-state index is 0.0591. The number of aliphatic imine (C=N–C) groups is 1. The van der Waals surface area contributed by atoms with Gasteiger partial charge in [-0.3, -0.25) is 9.79 Å². The van der Waals surface area contributed by atoms with Crippen molar-refractivity contribution < 1.29 is 14.3 Å². The van der Waals surface area contributed by atoms with E-state index in [1.54, 1.807) is 14.2 Å². The van der Waals surface area contributed by atoms with Crippen LogP contribution in [0.2, 0.25) is 0 Å². The molecule has 7 nitrogen and oxygen atoms in total. The Morgan fingerprint density at radius 2 is 1.91 bits per heavy atom. The van der Waals surface area contributed by atoms with Gasteiger partial charge in [-0.2, -0.15) is 0 Å². The van der Waals surface area contributed by atoms with Crippen LogP contribution in [0.4, 0.5) is 0 Å². The monoisotopic (exact) mass is 316 g/mol. The van der Waals surface area contributed by atoms with Crippen molar-refractivity contribution in [1.29, 1.82) is 0 Å². The Bertz CT molecular complexity index is 311. The van der Waals surface area contributed by atoms with Crippen LogP contribution in [-0.2, 0) is 14.3 Å². The summed E-state index contributed by atoms with van der Waals surface area (Å²) in [4.78, 5) is 15.7. The lowest BCUT2D eigenvalue weighted by Gasteiger charge is -2.13. The Balaban J connectivity index is 3.61. The maximum Gasteiger partial charge on any atom is 0.221 e. The summed E-state index contributed by atoms with van der Waals surface area (Å²) in [6, 6.07) is 0.225. The topological polar surface area (TPSA) is 84.0 Å². The van der Waals surface area contributed by atoms with Gasteiger partial charge in [0.1, 0.15) is 0 Å². The molecule has 0 saturated heterocycles. The van der Waals surface area contributed by atoms with Crippen molar-refractivity contribution >= 4 is 11.9 Å². The molecule has 130 valence electrons. The maximum atomic E-state index is 11.6. The van der Waals surface area contributed by atoms with E-state index in [0.29, 0.717) is 38.7 Å². The number of guanidine groups is 1. The van der Waals surface area contributed by atoms with Gasteiger partial charge in [0, 0.05) is 46.3 Å². The fourth-order valence-electron chi connectivity index (χ4n) is 1.59. The van der Waals surface area contributed by atoms with E-state index in [-0.39, 0.29) is 11.9 Å². The number of hydrogen-bond donors (Lipinski definition) is 3. The summed E-state index contributed by atoms with van der Waals surface area (Å²) in [5.74, 6) is 0.761. The van der Waals surface area contributed by atoms with Gasteiger partial charge in [0.2, 0.25) is 5.91 Å². The number of carbonyl (C=O) groups excluding carboxylic acids is 1. The first-order chi connectivity index (χ1) is 10.6. The smallest absolute Gasteiger partial charge is 0.221 e. The van der Waals surface area contributed by atoms with Crippen LogP contribution >= 0.6 is 0 Å². The van der Waals surface area contributed by atoms with Gasteiger partial charge < -0.3 is 25.4 Å². The average molecular weight is 316 g/mol. The fourth-order valence-corrected chi connectivity index (χ4v) is 1.59. The van der Waals surface area contributed by atoms with Crippen molar-refractivity contribution in [2.24, 2.45) is 4.99 Å². The second-order valence-corrected chi connectivity index (χ2v) is 5.01. The molecule has 0 heterocycles. The molecule has 0 aliphatic rings. The predicted molar refractivity (Wildman–Crippen MR) is 89.2 cm³/mol. The summed E-state index contributed by atoms with van der Waals surface area (Å²) in [7, 11) is 3.37. The lowest BCUT2D eigenvalue weighted by atomic mass is 10.2. The highest BCUT2D eigenvalue weighted by molar-refractivity contribution is 5.81. The minimum Gasteiger partial charge on any atom is -0.382 e. The molecular formula is C15H32N4O3. The van der Waals surface area contributed by atoms with Crippen molar-refractivity contribution in [3.63, 3.8) is 0 Å². The normalized spacial score (nSPS) is 12.8. The zero-order valence-electron chi connectivity index (χ0n) is 14.4. The van der Waals surface area contributed by atoms with E-state index in [0.717, 1.165) is 19.4 Å². The zero-order valence-corrected chi connectivity index (χ0v) is 14.4. The average Bonchev–Trinajstić information content (AvgIpc) is 2.52. The molecule has 0 radical (unpaired) electrons. The number of carbonyl (C=O) groups is 1. The van der Waals surface area contributed by atoms with Crippen LogP contribution in [0, 0.1) is 0 Å². The van der Waals surface area contributed by atoms with E-state index in [2.05, 4.69) is 20.9 Å². The summed E-state index contributed by atoms with van der Waals surface area (Å²) in [6.07, 6.45) is 2.26.